The Kier molecular flexibility index (Phi) is 4.46. The first kappa shape index (κ1) is 21.0. The number of carbonyl (C=O) groups is 1. The number of piperidine rings is 1. The van der Waals surface area contributed by atoms with Crippen molar-refractivity contribution >= 4 is 11.7 Å². The summed E-state index contributed by atoms with van der Waals surface area (Å²) in [6.45, 7) is 2.54. The van der Waals surface area contributed by atoms with E-state index in [-0.39, 0.29) is 23.4 Å². The second kappa shape index (κ2) is 7.22. The van der Waals surface area contributed by atoms with Crippen LogP contribution < -0.4 is 5.32 Å². The van der Waals surface area contributed by atoms with Crippen LogP contribution in [0.3, 0.4) is 0 Å². The summed E-state index contributed by atoms with van der Waals surface area (Å²) in [5.41, 5.74) is 1.07. The molecule has 3 aromatic rings. The Morgan fingerprint density at radius 1 is 1.12 bits per heavy atom. The molecule has 4 atom stereocenters. The number of amides is 1. The van der Waals surface area contributed by atoms with Crippen molar-refractivity contribution in [3.05, 3.63) is 65.7 Å². The van der Waals surface area contributed by atoms with Crippen LogP contribution in [0, 0.1) is 18.3 Å². The number of nitrogens with one attached hydrogen (secondary N) is 1. The van der Waals surface area contributed by atoms with Gasteiger partial charge >= 0.3 is 6.18 Å². The maximum absolute atomic E-state index is 13.8. The molecule has 1 spiro atoms. The average molecular weight is 466 g/mol. The van der Waals surface area contributed by atoms with E-state index in [1.54, 1.807) is 24.7 Å². The minimum absolute atomic E-state index is 0.0425. The first-order valence-corrected chi connectivity index (χ1v) is 11.1. The Labute approximate surface area is 193 Å². The first-order chi connectivity index (χ1) is 16.3. The number of hydrogen-bond donors (Lipinski definition) is 1. The number of alkyl halides is 3. The van der Waals surface area contributed by atoms with Gasteiger partial charge in [-0.2, -0.15) is 13.2 Å². The van der Waals surface area contributed by atoms with Crippen molar-refractivity contribution in [1.82, 2.24) is 24.8 Å². The Morgan fingerprint density at radius 3 is 2.62 bits per heavy atom. The Hall–Kier alpha value is -3.56. The van der Waals surface area contributed by atoms with Crippen molar-refractivity contribution in [3.8, 4) is 11.5 Å². The molecule has 1 aliphatic heterocycles. The molecule has 1 amide bonds. The van der Waals surface area contributed by atoms with E-state index in [4.69, 9.17) is 0 Å². The Morgan fingerprint density at radius 2 is 1.91 bits per heavy atom. The van der Waals surface area contributed by atoms with Crippen LogP contribution in [-0.4, -0.2) is 49.4 Å². The van der Waals surface area contributed by atoms with Crippen molar-refractivity contribution < 1.29 is 18.0 Å². The van der Waals surface area contributed by atoms with E-state index >= 15 is 0 Å². The smallest absolute Gasteiger partial charge is 0.365 e. The maximum atomic E-state index is 13.8. The lowest BCUT2D eigenvalue weighted by atomic mass is 9.71. The van der Waals surface area contributed by atoms with Gasteiger partial charge in [-0.3, -0.25) is 9.78 Å². The van der Waals surface area contributed by atoms with Gasteiger partial charge in [0, 0.05) is 37.4 Å². The molecule has 6 rings (SSSR count). The number of aryl methyl sites for hydroxylation is 1. The molecule has 4 heterocycles. The number of halogens is 3. The van der Waals surface area contributed by atoms with Gasteiger partial charge in [-0.05, 0) is 60.9 Å². The fraction of sp³-hybridized carbons (Fsp3) is 0.375. The Balaban J connectivity index is 1.26. The zero-order valence-corrected chi connectivity index (χ0v) is 18.3. The SMILES string of the molecule is Cc1cnc(-c2ncccn2)c(C(=O)N2CC3CC34CC(Nc3ccc(C(F)(F)F)cn3)C24)c1. The molecule has 2 aliphatic carbocycles. The van der Waals surface area contributed by atoms with E-state index < -0.39 is 11.7 Å². The predicted molar refractivity (Wildman–Crippen MR) is 117 cm³/mol. The quantitative estimate of drug-likeness (QED) is 0.626. The zero-order chi connectivity index (χ0) is 23.7. The molecule has 3 fully saturated rings. The van der Waals surface area contributed by atoms with Crippen molar-refractivity contribution in [3.63, 3.8) is 0 Å². The molecule has 1 saturated heterocycles. The lowest BCUT2D eigenvalue weighted by Crippen LogP contribution is -2.60. The molecule has 1 N–H and O–H groups in total. The zero-order valence-electron chi connectivity index (χ0n) is 18.3. The average Bonchev–Trinajstić information content (AvgIpc) is 3.47. The van der Waals surface area contributed by atoms with Gasteiger partial charge in [0.2, 0.25) is 0 Å². The highest BCUT2D eigenvalue weighted by Crippen LogP contribution is 2.71. The fourth-order valence-electron chi connectivity index (χ4n) is 5.68. The third kappa shape index (κ3) is 3.23. The van der Waals surface area contributed by atoms with Gasteiger partial charge in [-0.25, -0.2) is 15.0 Å². The summed E-state index contributed by atoms with van der Waals surface area (Å²) >= 11 is 0. The third-order valence-corrected chi connectivity index (χ3v) is 7.32. The molecule has 0 aromatic carbocycles. The van der Waals surface area contributed by atoms with Crippen molar-refractivity contribution in [2.24, 2.45) is 11.3 Å². The normalized spacial score (nSPS) is 26.9. The highest BCUT2D eigenvalue weighted by atomic mass is 19.4. The number of likely N-dealkylation sites (tertiary alicyclic amines) is 1. The van der Waals surface area contributed by atoms with Crippen LogP contribution >= 0.6 is 0 Å². The molecule has 10 heteroatoms. The van der Waals surface area contributed by atoms with Gasteiger partial charge in [0.25, 0.3) is 5.91 Å². The van der Waals surface area contributed by atoms with Crippen molar-refractivity contribution in [2.75, 3.05) is 11.9 Å². The van der Waals surface area contributed by atoms with Crippen LogP contribution in [0.1, 0.15) is 34.3 Å². The standard InChI is InChI=1S/C24H21F3N6O/c1-13-7-16(19(31-10-13)21-28-5-2-6-29-21)22(34)33-12-15-8-23(15)9-17(20(23)33)32-18-4-3-14(11-30-18)24(25,26)27/h2-7,10-11,15,17,20H,8-9,12H2,1H3,(H,30,32). The second-order valence-corrected chi connectivity index (χ2v) is 9.40. The highest BCUT2D eigenvalue weighted by Gasteiger charge is 2.75. The molecule has 34 heavy (non-hydrogen) atoms. The topological polar surface area (TPSA) is 83.9 Å². The number of anilines is 1. The van der Waals surface area contributed by atoms with E-state index in [9.17, 15) is 18.0 Å². The van der Waals surface area contributed by atoms with E-state index in [1.807, 2.05) is 17.9 Å². The molecule has 3 aliphatic rings. The largest absolute Gasteiger partial charge is 0.417 e. The number of rotatable bonds is 4. The second-order valence-electron chi connectivity index (χ2n) is 9.40. The number of carbonyl (C=O) groups excluding carboxylic acids is 1. The van der Waals surface area contributed by atoms with E-state index in [0.29, 0.717) is 35.4 Å². The van der Waals surface area contributed by atoms with Crippen LogP contribution in [0.2, 0.25) is 0 Å². The number of pyridine rings is 2. The van der Waals surface area contributed by atoms with Crippen molar-refractivity contribution in [1.29, 1.82) is 0 Å². The molecule has 0 radical (unpaired) electrons. The van der Waals surface area contributed by atoms with Crippen LogP contribution in [0.4, 0.5) is 19.0 Å². The maximum Gasteiger partial charge on any atom is 0.417 e. The number of nitrogens with zero attached hydrogens (tertiary/aromatic N) is 5. The Bertz CT molecular complexity index is 1270. The monoisotopic (exact) mass is 466 g/mol. The van der Waals surface area contributed by atoms with E-state index in [0.717, 1.165) is 30.7 Å². The van der Waals surface area contributed by atoms with Gasteiger partial charge in [0.1, 0.15) is 11.5 Å². The van der Waals surface area contributed by atoms with Crippen LogP contribution in [0.5, 0.6) is 0 Å². The minimum atomic E-state index is -4.43. The molecule has 174 valence electrons. The third-order valence-electron chi connectivity index (χ3n) is 7.32. The van der Waals surface area contributed by atoms with Crippen molar-refractivity contribution in [2.45, 2.75) is 38.0 Å². The van der Waals surface area contributed by atoms with Crippen LogP contribution in [-0.2, 0) is 6.18 Å². The lowest BCUT2D eigenvalue weighted by Gasteiger charge is -2.48. The lowest BCUT2D eigenvalue weighted by molar-refractivity contribution is -0.137. The molecular formula is C24H21F3N6O. The van der Waals surface area contributed by atoms with Gasteiger partial charge in [-0.15, -0.1) is 0 Å². The number of hydrogen-bond acceptors (Lipinski definition) is 6. The van der Waals surface area contributed by atoms with Gasteiger partial charge in [0.15, 0.2) is 5.82 Å². The summed E-state index contributed by atoms with van der Waals surface area (Å²) in [6.07, 6.45) is 3.26. The molecule has 0 bridgehead atoms. The first-order valence-electron chi connectivity index (χ1n) is 11.1. The van der Waals surface area contributed by atoms with Gasteiger partial charge < -0.3 is 10.2 Å². The minimum Gasteiger partial charge on any atom is -0.365 e. The molecule has 4 unspecified atom stereocenters. The molecule has 7 nitrogen and oxygen atoms in total. The predicted octanol–water partition coefficient (Wildman–Crippen LogP) is 3.98. The van der Waals surface area contributed by atoms with E-state index in [2.05, 4.69) is 25.3 Å². The summed E-state index contributed by atoms with van der Waals surface area (Å²) in [7, 11) is 0. The van der Waals surface area contributed by atoms with Gasteiger partial charge in [-0.1, -0.05) is 0 Å². The number of aromatic nitrogens is 4. The highest BCUT2D eigenvalue weighted by molar-refractivity contribution is 6.00. The summed E-state index contributed by atoms with van der Waals surface area (Å²) in [5.74, 6) is 1.10. The molecular weight excluding hydrogens is 445 g/mol. The van der Waals surface area contributed by atoms with Crippen LogP contribution in [0.25, 0.3) is 11.5 Å². The molecule has 2 saturated carbocycles. The fourth-order valence-corrected chi connectivity index (χ4v) is 5.68. The van der Waals surface area contributed by atoms with E-state index in [1.165, 1.54) is 6.07 Å². The summed E-state index contributed by atoms with van der Waals surface area (Å²) < 4.78 is 38.6. The summed E-state index contributed by atoms with van der Waals surface area (Å²) in [4.78, 5) is 32.6. The summed E-state index contributed by atoms with van der Waals surface area (Å²) in [6, 6.07) is 5.77. The molecule has 3 aromatic heterocycles. The summed E-state index contributed by atoms with van der Waals surface area (Å²) in [5, 5.41) is 3.26. The van der Waals surface area contributed by atoms with Gasteiger partial charge in [0.05, 0.1) is 17.2 Å². The van der Waals surface area contributed by atoms with Crippen LogP contribution in [0.15, 0.2) is 49.1 Å².